The zero-order valence-corrected chi connectivity index (χ0v) is 18.7. The molecule has 5 aliphatic rings. The molecule has 0 aromatic heterocycles. The first-order chi connectivity index (χ1) is 13.1. The van der Waals surface area contributed by atoms with Crippen molar-refractivity contribution >= 4 is 0 Å². The fourth-order valence-corrected chi connectivity index (χ4v) is 8.31. The van der Waals surface area contributed by atoms with Gasteiger partial charge in [0.15, 0.2) is 0 Å². The third kappa shape index (κ3) is 3.19. The molecule has 160 valence electrons. The predicted molar refractivity (Wildman–Crippen MR) is 111 cm³/mol. The molecule has 0 radical (unpaired) electrons. The van der Waals surface area contributed by atoms with E-state index in [1.165, 1.54) is 44.9 Å². The van der Waals surface area contributed by atoms with Crippen LogP contribution in [0.4, 0.5) is 0 Å². The lowest BCUT2D eigenvalue weighted by Gasteiger charge is -2.51. The Morgan fingerprint density at radius 2 is 1.43 bits per heavy atom. The van der Waals surface area contributed by atoms with Gasteiger partial charge in [0.1, 0.15) is 0 Å². The Morgan fingerprint density at radius 3 is 1.89 bits per heavy atom. The summed E-state index contributed by atoms with van der Waals surface area (Å²) in [6.45, 7) is 12.2. The second-order valence-electron chi connectivity index (χ2n) is 12.3. The normalized spacial score (nSPS) is 57.6. The van der Waals surface area contributed by atoms with Crippen molar-refractivity contribution in [3.05, 3.63) is 0 Å². The van der Waals surface area contributed by atoms with Gasteiger partial charge in [-0.25, -0.2) is 0 Å². The first-order valence-corrected chi connectivity index (χ1v) is 12.2. The predicted octanol–water partition coefficient (Wildman–Crippen LogP) is 5.34. The number of hydrogen-bond donors (Lipinski definition) is 1. The molecule has 1 N–H and O–H groups in total. The van der Waals surface area contributed by atoms with Crippen LogP contribution in [0.1, 0.15) is 92.4 Å². The summed E-state index contributed by atoms with van der Waals surface area (Å²) in [6.07, 6.45) is 11.9. The molecule has 10 atom stereocenters. The molecule has 28 heavy (non-hydrogen) atoms. The standard InChI is InChI=1S/C25H42O3/c1-15-9-18(13-24(4)21(15)27-24)23(3,12-17-7-6-8-20(26)11-17)19-10-16(2)22-25(5,14-19)28-22/h15-22,26H,6-14H2,1-5H3. The summed E-state index contributed by atoms with van der Waals surface area (Å²) >= 11 is 0. The highest BCUT2D eigenvalue weighted by atomic mass is 16.6. The highest BCUT2D eigenvalue weighted by Crippen LogP contribution is 2.64. The molecular formula is C25H42O3. The highest BCUT2D eigenvalue weighted by Gasteiger charge is 2.65. The zero-order chi connectivity index (χ0) is 19.9. The van der Waals surface area contributed by atoms with Crippen LogP contribution in [0.25, 0.3) is 0 Å². The monoisotopic (exact) mass is 390 g/mol. The van der Waals surface area contributed by atoms with Gasteiger partial charge in [0.2, 0.25) is 0 Å². The average molecular weight is 391 g/mol. The van der Waals surface area contributed by atoms with Gasteiger partial charge in [-0.1, -0.05) is 33.6 Å². The Morgan fingerprint density at radius 1 is 0.893 bits per heavy atom. The first-order valence-electron chi connectivity index (χ1n) is 12.2. The molecule has 0 aromatic rings. The van der Waals surface area contributed by atoms with Gasteiger partial charge in [-0.05, 0) is 93.8 Å². The molecule has 3 heteroatoms. The van der Waals surface area contributed by atoms with Crippen LogP contribution in [-0.4, -0.2) is 34.6 Å². The summed E-state index contributed by atoms with van der Waals surface area (Å²) < 4.78 is 12.4. The van der Waals surface area contributed by atoms with Crippen molar-refractivity contribution in [1.82, 2.24) is 0 Å². The fourth-order valence-electron chi connectivity index (χ4n) is 8.31. The van der Waals surface area contributed by atoms with Crippen molar-refractivity contribution in [2.24, 2.45) is 35.0 Å². The maximum absolute atomic E-state index is 10.3. The molecule has 0 spiro atoms. The summed E-state index contributed by atoms with van der Waals surface area (Å²) in [5.41, 5.74) is 0.612. The van der Waals surface area contributed by atoms with E-state index in [0.717, 1.165) is 24.7 Å². The lowest BCUT2D eigenvalue weighted by atomic mass is 9.53. The summed E-state index contributed by atoms with van der Waals surface area (Å²) in [5.74, 6) is 3.53. The van der Waals surface area contributed by atoms with Crippen LogP contribution in [0.3, 0.4) is 0 Å². The van der Waals surface area contributed by atoms with Gasteiger partial charge in [-0.3, -0.25) is 0 Å². The molecule has 3 aliphatic carbocycles. The molecule has 2 heterocycles. The van der Waals surface area contributed by atoms with E-state index >= 15 is 0 Å². The molecule has 0 amide bonds. The Bertz CT molecular complexity index is 581. The second kappa shape index (κ2) is 6.44. The summed E-state index contributed by atoms with van der Waals surface area (Å²) in [7, 11) is 0. The van der Waals surface area contributed by atoms with Gasteiger partial charge < -0.3 is 14.6 Å². The number of fused-ring (bicyclic) bond motifs is 2. The number of ether oxygens (including phenoxy) is 2. The number of epoxide rings is 2. The van der Waals surface area contributed by atoms with Crippen molar-refractivity contribution in [3.8, 4) is 0 Å². The largest absolute Gasteiger partial charge is 0.393 e. The van der Waals surface area contributed by atoms with Crippen molar-refractivity contribution in [3.63, 3.8) is 0 Å². The van der Waals surface area contributed by atoms with Crippen LogP contribution < -0.4 is 0 Å². The maximum atomic E-state index is 10.3. The molecule has 0 bridgehead atoms. The van der Waals surface area contributed by atoms with Crippen molar-refractivity contribution in [2.45, 2.75) is 122 Å². The quantitative estimate of drug-likeness (QED) is 0.659. The average Bonchev–Trinajstić information content (AvgIpc) is 3.49. The number of rotatable bonds is 4. The van der Waals surface area contributed by atoms with E-state index < -0.39 is 0 Å². The Labute approximate surface area is 171 Å². The molecule has 10 unspecified atom stereocenters. The van der Waals surface area contributed by atoms with Gasteiger partial charge in [0, 0.05) is 0 Å². The van der Waals surface area contributed by atoms with Gasteiger partial charge >= 0.3 is 0 Å². The van der Waals surface area contributed by atoms with E-state index in [4.69, 9.17) is 9.47 Å². The maximum Gasteiger partial charge on any atom is 0.0926 e. The number of hydrogen-bond acceptors (Lipinski definition) is 3. The molecule has 5 rings (SSSR count). The lowest BCUT2D eigenvalue weighted by Crippen LogP contribution is -2.47. The Balaban J connectivity index is 1.41. The van der Waals surface area contributed by atoms with Gasteiger partial charge in [0.05, 0.1) is 29.5 Å². The molecule has 2 aliphatic heterocycles. The molecule has 0 aromatic carbocycles. The number of aliphatic hydroxyl groups excluding tert-OH is 1. The Kier molecular flexibility index (Phi) is 4.56. The summed E-state index contributed by atoms with van der Waals surface area (Å²) in [5, 5.41) is 10.3. The lowest BCUT2D eigenvalue weighted by molar-refractivity contribution is -0.0198. The van der Waals surface area contributed by atoms with Crippen LogP contribution in [0.5, 0.6) is 0 Å². The van der Waals surface area contributed by atoms with Crippen LogP contribution in [0, 0.1) is 35.0 Å². The summed E-state index contributed by atoms with van der Waals surface area (Å²) in [6, 6.07) is 0. The molecule has 3 nitrogen and oxygen atoms in total. The SMILES string of the molecule is CC1CC(C(C)(CC2CCCC(O)C2)C2CC(C)C3OC3(C)C2)CC2(C)OC12. The van der Waals surface area contributed by atoms with E-state index in [1.807, 2.05) is 0 Å². The summed E-state index contributed by atoms with van der Waals surface area (Å²) in [4.78, 5) is 0. The molecule has 2 saturated heterocycles. The van der Waals surface area contributed by atoms with E-state index in [9.17, 15) is 5.11 Å². The smallest absolute Gasteiger partial charge is 0.0926 e. The Hall–Kier alpha value is -0.120. The molecular weight excluding hydrogens is 348 g/mol. The second-order valence-corrected chi connectivity index (χ2v) is 12.3. The minimum atomic E-state index is -0.0686. The number of aliphatic hydroxyl groups is 1. The first kappa shape index (κ1) is 19.8. The third-order valence-corrected chi connectivity index (χ3v) is 9.88. The minimum absolute atomic E-state index is 0.0686. The van der Waals surface area contributed by atoms with Gasteiger partial charge in [-0.2, -0.15) is 0 Å². The van der Waals surface area contributed by atoms with E-state index in [0.29, 0.717) is 35.4 Å². The van der Waals surface area contributed by atoms with Gasteiger partial charge in [0.25, 0.3) is 0 Å². The minimum Gasteiger partial charge on any atom is -0.393 e. The van der Waals surface area contributed by atoms with Crippen molar-refractivity contribution in [2.75, 3.05) is 0 Å². The van der Waals surface area contributed by atoms with E-state index in [1.54, 1.807) is 0 Å². The third-order valence-electron chi connectivity index (χ3n) is 9.88. The van der Waals surface area contributed by atoms with Crippen molar-refractivity contribution in [1.29, 1.82) is 0 Å². The van der Waals surface area contributed by atoms with E-state index in [2.05, 4.69) is 34.6 Å². The zero-order valence-electron chi connectivity index (χ0n) is 18.7. The van der Waals surface area contributed by atoms with Crippen LogP contribution in [0.2, 0.25) is 0 Å². The molecule has 5 fully saturated rings. The highest BCUT2D eigenvalue weighted by molar-refractivity contribution is 5.13. The molecule has 3 saturated carbocycles. The van der Waals surface area contributed by atoms with Gasteiger partial charge in [-0.15, -0.1) is 0 Å². The van der Waals surface area contributed by atoms with E-state index in [-0.39, 0.29) is 17.3 Å². The van der Waals surface area contributed by atoms with Crippen LogP contribution in [0.15, 0.2) is 0 Å². The fraction of sp³-hybridized carbons (Fsp3) is 1.00. The van der Waals surface area contributed by atoms with Crippen molar-refractivity contribution < 1.29 is 14.6 Å². The van der Waals surface area contributed by atoms with Crippen LogP contribution in [-0.2, 0) is 9.47 Å². The van der Waals surface area contributed by atoms with Crippen LogP contribution >= 0.6 is 0 Å². The topological polar surface area (TPSA) is 45.3 Å².